The Morgan fingerprint density at radius 2 is 1.37 bits per heavy atom. The van der Waals surface area contributed by atoms with Crippen LogP contribution in [0.1, 0.15) is 69.1 Å². The van der Waals surface area contributed by atoms with Crippen molar-refractivity contribution in [3.63, 3.8) is 0 Å². The van der Waals surface area contributed by atoms with Gasteiger partial charge in [0.2, 0.25) is 20.0 Å². The Hall–Kier alpha value is -2.52. The van der Waals surface area contributed by atoms with Crippen LogP contribution in [0, 0.1) is 0 Å². The van der Waals surface area contributed by atoms with Crippen LogP contribution in [-0.4, -0.2) is 38.0 Å². The fourth-order valence-electron chi connectivity index (χ4n) is 4.99. The number of hydrogen-bond donors (Lipinski definition) is 0. The molecule has 6 nitrogen and oxygen atoms in total. The van der Waals surface area contributed by atoms with Gasteiger partial charge in [-0.15, -0.1) is 0 Å². The summed E-state index contributed by atoms with van der Waals surface area (Å²) in [5.41, 5.74) is 2.97. The van der Waals surface area contributed by atoms with E-state index in [0.717, 1.165) is 36.8 Å². The Labute approximate surface area is 228 Å². The average Bonchev–Trinajstić information content (AvgIpc) is 2.93. The van der Waals surface area contributed by atoms with Crippen LogP contribution in [0.15, 0.2) is 88.7 Å². The van der Waals surface area contributed by atoms with Crippen molar-refractivity contribution in [1.82, 2.24) is 8.61 Å². The van der Waals surface area contributed by atoms with Crippen LogP contribution in [0.3, 0.4) is 0 Å². The van der Waals surface area contributed by atoms with Crippen LogP contribution in [0.5, 0.6) is 0 Å². The molecule has 0 bridgehead atoms. The molecule has 1 atom stereocenters. The molecular weight excluding hydrogens is 516 g/mol. The highest BCUT2D eigenvalue weighted by Gasteiger charge is 2.33. The van der Waals surface area contributed by atoms with Crippen molar-refractivity contribution in [2.45, 2.75) is 81.3 Å². The molecule has 1 heterocycles. The van der Waals surface area contributed by atoms with Crippen molar-refractivity contribution in [1.29, 1.82) is 0 Å². The molecule has 0 saturated carbocycles. The van der Waals surface area contributed by atoms with Crippen molar-refractivity contribution < 1.29 is 16.8 Å². The van der Waals surface area contributed by atoms with Gasteiger partial charge in [0, 0.05) is 25.7 Å². The maximum Gasteiger partial charge on any atom is 0.243 e. The second kappa shape index (κ2) is 12.1. The molecule has 3 aromatic rings. The summed E-state index contributed by atoms with van der Waals surface area (Å²) in [7, 11) is -7.59. The highest BCUT2D eigenvalue weighted by atomic mass is 32.2. The Morgan fingerprint density at radius 1 is 0.789 bits per heavy atom. The zero-order valence-electron chi connectivity index (χ0n) is 22.5. The van der Waals surface area contributed by atoms with Gasteiger partial charge in [-0.05, 0) is 66.1 Å². The first-order chi connectivity index (χ1) is 18.1. The largest absolute Gasteiger partial charge is 0.243 e. The lowest BCUT2D eigenvalue weighted by Gasteiger charge is -2.34. The van der Waals surface area contributed by atoms with Gasteiger partial charge in [0.05, 0.1) is 9.79 Å². The number of nitrogens with zero attached hydrogens (tertiary/aromatic N) is 2. The van der Waals surface area contributed by atoms with Gasteiger partial charge in [-0.2, -0.15) is 8.61 Å². The number of benzene rings is 3. The Balaban J connectivity index is 1.63. The highest BCUT2D eigenvalue weighted by Crippen LogP contribution is 2.29. The van der Waals surface area contributed by atoms with Crippen LogP contribution in [0.4, 0.5) is 0 Å². The summed E-state index contributed by atoms with van der Waals surface area (Å²) < 4.78 is 57.5. The van der Waals surface area contributed by atoms with Gasteiger partial charge in [0.1, 0.15) is 0 Å². The first kappa shape index (κ1) is 28.5. The molecule has 0 spiro atoms. The van der Waals surface area contributed by atoms with Crippen LogP contribution in [0.25, 0.3) is 0 Å². The van der Waals surface area contributed by atoms with Gasteiger partial charge in [-0.25, -0.2) is 16.8 Å². The zero-order valence-corrected chi connectivity index (χ0v) is 24.1. The third-order valence-electron chi connectivity index (χ3n) is 7.32. The van der Waals surface area contributed by atoms with Gasteiger partial charge in [0.25, 0.3) is 0 Å². The minimum Gasteiger partial charge on any atom is -0.207 e. The molecule has 0 aromatic heterocycles. The summed E-state index contributed by atoms with van der Waals surface area (Å²) in [5, 5.41) is 0. The van der Waals surface area contributed by atoms with E-state index in [4.69, 9.17) is 0 Å². The van der Waals surface area contributed by atoms with Gasteiger partial charge in [0.15, 0.2) is 0 Å². The number of sulfonamides is 2. The molecule has 1 saturated heterocycles. The molecule has 38 heavy (non-hydrogen) atoms. The SMILES string of the molecule is CCC1CCCCN1S(=O)(=O)c1ccc(S(=O)(=O)N(Cc2ccccc2)Cc2ccc(C(C)C)cc2)cc1. The molecule has 0 aliphatic carbocycles. The smallest absolute Gasteiger partial charge is 0.207 e. The fraction of sp³-hybridized carbons (Fsp3) is 0.400. The van der Waals surface area contributed by atoms with Gasteiger partial charge < -0.3 is 0 Å². The van der Waals surface area contributed by atoms with E-state index >= 15 is 0 Å². The molecule has 1 aliphatic rings. The highest BCUT2D eigenvalue weighted by molar-refractivity contribution is 7.89. The summed E-state index contributed by atoms with van der Waals surface area (Å²) >= 11 is 0. The normalized spacial score (nSPS) is 17.2. The second-order valence-corrected chi connectivity index (χ2v) is 14.1. The quantitative estimate of drug-likeness (QED) is 0.301. The van der Waals surface area contributed by atoms with Crippen molar-refractivity contribution in [2.75, 3.05) is 6.54 Å². The molecule has 0 radical (unpaired) electrons. The molecule has 0 amide bonds. The van der Waals surface area contributed by atoms with Crippen molar-refractivity contribution >= 4 is 20.0 Å². The average molecular weight is 555 g/mol. The molecule has 1 unspecified atom stereocenters. The maximum atomic E-state index is 13.8. The molecule has 0 N–H and O–H groups in total. The van der Waals surface area contributed by atoms with Crippen LogP contribution < -0.4 is 0 Å². The van der Waals surface area contributed by atoms with E-state index in [1.807, 2.05) is 61.5 Å². The Kier molecular flexibility index (Phi) is 9.08. The summed E-state index contributed by atoms with van der Waals surface area (Å²) in [4.78, 5) is 0.215. The standard InChI is InChI=1S/C30H38N2O4S2/c1-4-28-12-8-9-21-32(28)38(35,36)30-19-17-29(18-20-30)37(33,34)31(22-25-10-6-5-7-11-25)23-26-13-15-27(16-14-26)24(2)3/h5-7,10-11,13-20,24,28H,4,8-9,12,21-23H2,1-3H3. The lowest BCUT2D eigenvalue weighted by Crippen LogP contribution is -2.43. The summed E-state index contributed by atoms with van der Waals surface area (Å²) in [5.74, 6) is 0.389. The second-order valence-electron chi connectivity index (χ2n) is 10.3. The van der Waals surface area contributed by atoms with E-state index in [9.17, 15) is 16.8 Å². The summed E-state index contributed by atoms with van der Waals surface area (Å²) in [6.45, 7) is 7.17. The van der Waals surface area contributed by atoms with Gasteiger partial charge in [-0.1, -0.05) is 81.8 Å². The Morgan fingerprint density at radius 3 is 1.95 bits per heavy atom. The van der Waals surface area contributed by atoms with E-state index in [2.05, 4.69) is 13.8 Å². The molecule has 204 valence electrons. The summed E-state index contributed by atoms with van der Waals surface area (Å²) in [6, 6.07) is 23.2. The molecule has 1 fully saturated rings. The molecular formula is C30H38N2O4S2. The minimum absolute atomic E-state index is 0.0133. The van der Waals surface area contributed by atoms with E-state index in [1.54, 1.807) is 4.31 Å². The Bertz CT molecular complexity index is 1400. The predicted octanol–water partition coefficient (Wildman–Crippen LogP) is 6.15. The number of piperidine rings is 1. The fourth-order valence-corrected chi connectivity index (χ4v) is 8.17. The molecule has 4 rings (SSSR count). The van der Waals surface area contributed by atoms with Crippen LogP contribution >= 0.6 is 0 Å². The van der Waals surface area contributed by atoms with E-state index in [0.29, 0.717) is 12.5 Å². The van der Waals surface area contributed by atoms with Crippen LogP contribution in [0.2, 0.25) is 0 Å². The van der Waals surface area contributed by atoms with Gasteiger partial charge in [-0.3, -0.25) is 0 Å². The summed E-state index contributed by atoms with van der Waals surface area (Å²) in [6.07, 6.45) is 3.49. The minimum atomic E-state index is -3.90. The number of hydrogen-bond acceptors (Lipinski definition) is 4. The third kappa shape index (κ3) is 6.37. The van der Waals surface area contributed by atoms with Crippen molar-refractivity contribution in [3.8, 4) is 0 Å². The van der Waals surface area contributed by atoms with Crippen molar-refractivity contribution in [3.05, 3.63) is 95.6 Å². The molecule has 3 aromatic carbocycles. The monoisotopic (exact) mass is 554 g/mol. The maximum absolute atomic E-state index is 13.8. The first-order valence-electron chi connectivity index (χ1n) is 13.4. The van der Waals surface area contributed by atoms with Crippen LogP contribution in [-0.2, 0) is 33.1 Å². The van der Waals surface area contributed by atoms with E-state index < -0.39 is 20.0 Å². The van der Waals surface area contributed by atoms with E-state index in [-0.39, 0.29) is 28.9 Å². The first-order valence-corrected chi connectivity index (χ1v) is 16.3. The lowest BCUT2D eigenvalue weighted by atomic mass is 10.0. The topological polar surface area (TPSA) is 74.8 Å². The zero-order chi connectivity index (χ0) is 27.3. The van der Waals surface area contributed by atoms with Crippen molar-refractivity contribution in [2.24, 2.45) is 0 Å². The van der Waals surface area contributed by atoms with E-state index in [1.165, 1.54) is 34.1 Å². The predicted molar refractivity (Wildman–Crippen MR) is 152 cm³/mol. The van der Waals surface area contributed by atoms with Gasteiger partial charge >= 0.3 is 0 Å². The molecule has 1 aliphatic heterocycles. The lowest BCUT2D eigenvalue weighted by molar-refractivity contribution is 0.246. The third-order valence-corrected chi connectivity index (χ3v) is 11.1. The number of rotatable bonds is 10. The molecule has 8 heteroatoms.